The summed E-state index contributed by atoms with van der Waals surface area (Å²) in [5.74, 6) is 0.724. The Hall–Kier alpha value is -0.630. The van der Waals surface area contributed by atoms with Crippen molar-refractivity contribution in [3.63, 3.8) is 0 Å². The van der Waals surface area contributed by atoms with Crippen LogP contribution in [0.3, 0.4) is 0 Å². The van der Waals surface area contributed by atoms with Crippen LogP contribution in [-0.4, -0.2) is 5.91 Å². The lowest BCUT2D eigenvalue weighted by Crippen LogP contribution is -2.58. The number of allylic oxidation sites excluding steroid dienone is 1. The molecule has 0 aromatic heterocycles. The molecule has 0 spiro atoms. The van der Waals surface area contributed by atoms with Crippen LogP contribution in [0.15, 0.2) is 12.7 Å². The zero-order chi connectivity index (χ0) is 6.15. The van der Waals surface area contributed by atoms with E-state index in [9.17, 15) is 4.79 Å². The maximum absolute atomic E-state index is 10.4. The van der Waals surface area contributed by atoms with E-state index in [0.29, 0.717) is 5.92 Å². The third-order valence-electron chi connectivity index (χ3n) is 1.56. The fraction of sp³-hybridized carbons (Fsp3) is 0.500. The van der Waals surface area contributed by atoms with Gasteiger partial charge in [0, 0.05) is 0 Å². The van der Waals surface area contributed by atoms with Gasteiger partial charge in [0.25, 0.3) is 0 Å². The second kappa shape index (κ2) is 1.71. The Morgan fingerprint density at radius 2 is 2.50 bits per heavy atom. The fourth-order valence-corrected chi connectivity index (χ4v) is 0.845. The lowest BCUT2D eigenvalue weighted by molar-refractivity contribution is -0.308. The summed E-state index contributed by atoms with van der Waals surface area (Å²) >= 11 is 0. The molecular weight excluding hydrogens is 102 g/mol. The summed E-state index contributed by atoms with van der Waals surface area (Å²) in [6.07, 6.45) is 2.81. The van der Waals surface area contributed by atoms with Gasteiger partial charge in [0.05, 0.1) is 5.92 Å². The number of quaternary nitrogens is 1. The smallest absolute Gasteiger partial charge is 0.294 e. The third kappa shape index (κ3) is 0.793. The van der Waals surface area contributed by atoms with Gasteiger partial charge in [-0.05, 0) is 12.3 Å². The molecule has 0 aromatic carbocycles. The minimum Gasteiger partial charge on any atom is -0.294 e. The van der Waals surface area contributed by atoms with Gasteiger partial charge < -0.3 is 0 Å². The summed E-state index contributed by atoms with van der Waals surface area (Å²) in [6, 6.07) is 0. The van der Waals surface area contributed by atoms with Crippen LogP contribution in [-0.2, 0) is 4.79 Å². The minimum absolute atomic E-state index is 0.0647. The van der Waals surface area contributed by atoms with Gasteiger partial charge in [-0.3, -0.25) is 5.73 Å². The van der Waals surface area contributed by atoms with Crippen LogP contribution in [0.2, 0.25) is 0 Å². The lowest BCUT2D eigenvalue weighted by atomic mass is 10.3. The highest BCUT2D eigenvalue weighted by atomic mass is 16.1. The first-order valence-electron chi connectivity index (χ1n) is 2.74. The number of carbonyl (C=O) groups excluding carboxylic acids is 1. The van der Waals surface area contributed by atoms with Crippen molar-refractivity contribution in [1.82, 2.24) is 0 Å². The molecule has 1 rings (SSSR count). The van der Waals surface area contributed by atoms with Crippen molar-refractivity contribution in [2.75, 3.05) is 0 Å². The van der Waals surface area contributed by atoms with E-state index < -0.39 is 0 Å². The van der Waals surface area contributed by atoms with E-state index in [2.05, 4.69) is 12.3 Å². The Bertz CT molecular complexity index is 130. The van der Waals surface area contributed by atoms with Crippen molar-refractivity contribution in [3.8, 4) is 0 Å². The SMILES string of the molecule is C=C[C@@H]1C[C@@H]1C([NH3+])=O. The molecule has 1 saturated carbocycles. The molecule has 44 valence electrons. The molecule has 2 nitrogen and oxygen atoms in total. The van der Waals surface area contributed by atoms with Crippen LogP contribution in [0, 0.1) is 11.8 Å². The van der Waals surface area contributed by atoms with E-state index in [4.69, 9.17) is 0 Å². The summed E-state index contributed by atoms with van der Waals surface area (Å²) in [5.41, 5.74) is 3.31. The topological polar surface area (TPSA) is 44.7 Å². The van der Waals surface area contributed by atoms with E-state index in [1.807, 2.05) is 6.08 Å². The lowest BCUT2D eigenvalue weighted by Gasteiger charge is -1.78. The van der Waals surface area contributed by atoms with E-state index in [1.165, 1.54) is 0 Å². The summed E-state index contributed by atoms with van der Waals surface area (Å²) < 4.78 is 0. The van der Waals surface area contributed by atoms with Crippen molar-refractivity contribution in [2.45, 2.75) is 6.42 Å². The van der Waals surface area contributed by atoms with Crippen LogP contribution in [0.4, 0.5) is 0 Å². The molecule has 0 radical (unpaired) electrons. The zero-order valence-electron chi connectivity index (χ0n) is 4.76. The van der Waals surface area contributed by atoms with Crippen molar-refractivity contribution >= 4 is 5.91 Å². The van der Waals surface area contributed by atoms with Crippen LogP contribution in [0.25, 0.3) is 0 Å². The van der Waals surface area contributed by atoms with Gasteiger partial charge in [-0.2, -0.15) is 0 Å². The van der Waals surface area contributed by atoms with Gasteiger partial charge >= 0.3 is 5.91 Å². The number of hydrogen-bond acceptors (Lipinski definition) is 1. The second-order valence-corrected chi connectivity index (χ2v) is 2.21. The van der Waals surface area contributed by atoms with Gasteiger partial charge in [0.2, 0.25) is 0 Å². The number of carbonyl (C=O) groups is 1. The molecule has 2 atom stereocenters. The summed E-state index contributed by atoms with van der Waals surface area (Å²) in [5, 5.41) is 0. The third-order valence-corrected chi connectivity index (χ3v) is 1.56. The molecule has 2 heteroatoms. The van der Waals surface area contributed by atoms with Gasteiger partial charge in [-0.15, -0.1) is 6.58 Å². The normalized spacial score (nSPS) is 34.1. The first-order chi connectivity index (χ1) is 3.75. The molecule has 1 aliphatic rings. The summed E-state index contributed by atoms with van der Waals surface area (Å²) in [7, 11) is 0. The van der Waals surface area contributed by atoms with Crippen LogP contribution < -0.4 is 5.73 Å². The molecular formula is C6H10NO+. The molecule has 0 aromatic rings. The molecule has 1 fully saturated rings. The summed E-state index contributed by atoms with van der Waals surface area (Å²) in [4.78, 5) is 10.4. The molecule has 8 heavy (non-hydrogen) atoms. The molecule has 0 heterocycles. The number of amides is 1. The van der Waals surface area contributed by atoms with Crippen LogP contribution in [0.5, 0.6) is 0 Å². The van der Waals surface area contributed by atoms with Crippen LogP contribution >= 0.6 is 0 Å². The monoisotopic (exact) mass is 112 g/mol. The molecule has 3 N–H and O–H groups in total. The predicted molar refractivity (Wildman–Crippen MR) is 29.7 cm³/mol. The highest BCUT2D eigenvalue weighted by molar-refractivity contribution is 5.71. The van der Waals surface area contributed by atoms with E-state index in [1.54, 1.807) is 0 Å². The number of rotatable bonds is 2. The molecule has 0 bridgehead atoms. The Morgan fingerprint density at radius 3 is 2.62 bits per heavy atom. The van der Waals surface area contributed by atoms with Gasteiger partial charge in [0.1, 0.15) is 0 Å². The maximum Gasteiger partial charge on any atom is 0.312 e. The first kappa shape index (κ1) is 5.51. The van der Waals surface area contributed by atoms with E-state index in [0.717, 1.165) is 6.42 Å². The standard InChI is InChI=1S/C6H9NO/c1-2-4-3-5(4)6(7)8/h2,4-5H,1,3H2,(H2,7,8)/p+1/t4-,5+/m1/s1. The van der Waals surface area contributed by atoms with Crippen molar-refractivity contribution < 1.29 is 10.5 Å². The molecule has 0 unspecified atom stereocenters. The Labute approximate surface area is 48.4 Å². The largest absolute Gasteiger partial charge is 0.312 e. The summed E-state index contributed by atoms with van der Waals surface area (Å²) in [6.45, 7) is 3.58. The minimum atomic E-state index is 0.0647. The highest BCUT2D eigenvalue weighted by Gasteiger charge is 2.41. The van der Waals surface area contributed by atoms with Gasteiger partial charge in [0.15, 0.2) is 0 Å². The first-order valence-corrected chi connectivity index (χ1v) is 2.74. The Kier molecular flexibility index (Phi) is 1.18. The van der Waals surface area contributed by atoms with E-state index in [-0.39, 0.29) is 11.8 Å². The van der Waals surface area contributed by atoms with Gasteiger partial charge in [-0.1, -0.05) is 6.08 Å². The van der Waals surface area contributed by atoms with Crippen molar-refractivity contribution in [3.05, 3.63) is 12.7 Å². The Balaban J connectivity index is 2.36. The average molecular weight is 112 g/mol. The predicted octanol–water partition coefficient (Wildman–Crippen LogP) is -0.423. The zero-order valence-corrected chi connectivity index (χ0v) is 4.76. The molecule has 0 saturated heterocycles. The van der Waals surface area contributed by atoms with Crippen LogP contribution in [0.1, 0.15) is 6.42 Å². The van der Waals surface area contributed by atoms with Crippen molar-refractivity contribution in [1.29, 1.82) is 0 Å². The number of hydrogen-bond donors (Lipinski definition) is 1. The average Bonchev–Trinajstić information content (AvgIpc) is 2.42. The van der Waals surface area contributed by atoms with Crippen molar-refractivity contribution in [2.24, 2.45) is 11.8 Å². The molecule has 1 amide bonds. The second-order valence-electron chi connectivity index (χ2n) is 2.21. The highest BCUT2D eigenvalue weighted by Crippen LogP contribution is 2.38. The fourth-order valence-electron chi connectivity index (χ4n) is 0.845. The van der Waals surface area contributed by atoms with Gasteiger partial charge in [-0.25, -0.2) is 4.79 Å². The molecule has 0 aliphatic heterocycles. The quantitative estimate of drug-likeness (QED) is 0.484. The molecule has 1 aliphatic carbocycles. The maximum atomic E-state index is 10.4. The Morgan fingerprint density at radius 1 is 1.88 bits per heavy atom. The van der Waals surface area contributed by atoms with E-state index >= 15 is 0 Å².